The van der Waals surface area contributed by atoms with E-state index in [2.05, 4.69) is 5.10 Å². The van der Waals surface area contributed by atoms with Crippen molar-refractivity contribution in [3.63, 3.8) is 0 Å². The van der Waals surface area contributed by atoms with Gasteiger partial charge in [-0.1, -0.05) is 13.0 Å². The molecule has 6 nitrogen and oxygen atoms in total. The molecular formula is C17H23N3O3S2. The van der Waals surface area contributed by atoms with Gasteiger partial charge >= 0.3 is 0 Å². The molecule has 1 saturated heterocycles. The van der Waals surface area contributed by atoms with Gasteiger partial charge in [0.05, 0.1) is 10.6 Å². The summed E-state index contributed by atoms with van der Waals surface area (Å²) in [5.41, 5.74) is 0.634. The fraction of sp³-hybridized carbons (Fsp3) is 0.529. The van der Waals surface area contributed by atoms with Crippen LogP contribution >= 0.6 is 11.3 Å². The van der Waals surface area contributed by atoms with Crippen LogP contribution in [-0.2, 0) is 16.6 Å². The van der Waals surface area contributed by atoms with Crippen molar-refractivity contribution in [2.75, 3.05) is 18.8 Å². The smallest absolute Gasteiger partial charge is 0.266 e. The third-order valence-corrected chi connectivity index (χ3v) is 7.34. The van der Waals surface area contributed by atoms with E-state index in [1.165, 1.54) is 10.7 Å². The molecule has 0 unspecified atom stereocenters. The summed E-state index contributed by atoms with van der Waals surface area (Å²) in [6, 6.07) is 7.20. The van der Waals surface area contributed by atoms with Crippen molar-refractivity contribution in [2.24, 2.45) is 5.92 Å². The molecule has 0 aliphatic carbocycles. The second-order valence-corrected chi connectivity index (χ2v) is 9.43. The second kappa shape index (κ2) is 7.80. The number of aromatic nitrogens is 2. The van der Waals surface area contributed by atoms with Gasteiger partial charge in [-0.25, -0.2) is 17.4 Å². The van der Waals surface area contributed by atoms with E-state index in [4.69, 9.17) is 0 Å². The van der Waals surface area contributed by atoms with Gasteiger partial charge in [0.25, 0.3) is 5.56 Å². The lowest BCUT2D eigenvalue weighted by atomic mass is 10.00. The number of piperidine rings is 1. The molecule has 1 aliphatic rings. The van der Waals surface area contributed by atoms with E-state index >= 15 is 0 Å². The van der Waals surface area contributed by atoms with E-state index in [-0.39, 0.29) is 17.2 Å². The highest BCUT2D eigenvalue weighted by Gasteiger charge is 2.28. The van der Waals surface area contributed by atoms with Gasteiger partial charge in [0, 0.05) is 25.7 Å². The number of hydrogen-bond acceptors (Lipinski definition) is 5. The van der Waals surface area contributed by atoms with Gasteiger partial charge in [-0.05, 0) is 42.7 Å². The highest BCUT2D eigenvalue weighted by atomic mass is 32.2. The van der Waals surface area contributed by atoms with Crippen LogP contribution in [-0.4, -0.2) is 41.3 Å². The highest BCUT2D eigenvalue weighted by molar-refractivity contribution is 7.89. The largest absolute Gasteiger partial charge is 0.268 e. The number of rotatable bonds is 6. The Bertz CT molecular complexity index is 860. The van der Waals surface area contributed by atoms with Gasteiger partial charge in [-0.3, -0.25) is 4.79 Å². The van der Waals surface area contributed by atoms with Crippen molar-refractivity contribution in [3.05, 3.63) is 40.0 Å². The molecule has 0 bridgehead atoms. The maximum absolute atomic E-state index is 12.3. The second-order valence-electron chi connectivity index (χ2n) is 6.40. The Morgan fingerprint density at radius 2 is 2.16 bits per heavy atom. The predicted octanol–water partition coefficient (Wildman–Crippen LogP) is 2.42. The van der Waals surface area contributed by atoms with E-state index in [0.717, 1.165) is 23.4 Å². The summed E-state index contributed by atoms with van der Waals surface area (Å²) in [5, 5.41) is 6.46. The van der Waals surface area contributed by atoms with Crippen LogP contribution in [0.1, 0.15) is 26.2 Å². The Balaban J connectivity index is 1.76. The quantitative estimate of drug-likeness (QED) is 0.770. The normalized spacial score (nSPS) is 19.2. The van der Waals surface area contributed by atoms with E-state index < -0.39 is 10.0 Å². The zero-order valence-corrected chi connectivity index (χ0v) is 15.9. The maximum Gasteiger partial charge on any atom is 0.266 e. The summed E-state index contributed by atoms with van der Waals surface area (Å²) in [6.07, 6.45) is 2.36. The summed E-state index contributed by atoms with van der Waals surface area (Å²) in [4.78, 5) is 13.2. The highest BCUT2D eigenvalue weighted by Crippen LogP contribution is 2.23. The molecule has 0 radical (unpaired) electrons. The average molecular weight is 382 g/mol. The van der Waals surface area contributed by atoms with Gasteiger partial charge in [-0.2, -0.15) is 5.10 Å². The van der Waals surface area contributed by atoms with E-state index in [1.54, 1.807) is 21.7 Å². The summed E-state index contributed by atoms with van der Waals surface area (Å²) in [5.74, 6) is 0.301. The summed E-state index contributed by atoms with van der Waals surface area (Å²) in [6.45, 7) is 3.38. The molecule has 2 aromatic heterocycles. The topological polar surface area (TPSA) is 72.3 Å². The lowest BCUT2D eigenvalue weighted by Crippen LogP contribution is -2.43. The van der Waals surface area contributed by atoms with Crippen molar-refractivity contribution in [1.82, 2.24) is 14.1 Å². The van der Waals surface area contributed by atoms with E-state index in [1.807, 2.05) is 24.4 Å². The molecule has 1 aliphatic heterocycles. The number of nitrogens with zero attached hydrogens (tertiary/aromatic N) is 3. The average Bonchev–Trinajstić information content (AvgIpc) is 3.12. The molecule has 0 aromatic carbocycles. The third kappa shape index (κ3) is 4.37. The van der Waals surface area contributed by atoms with Crippen molar-refractivity contribution in [1.29, 1.82) is 0 Å². The molecule has 1 fully saturated rings. The number of sulfonamides is 1. The minimum absolute atomic E-state index is 0.115. The van der Waals surface area contributed by atoms with E-state index in [0.29, 0.717) is 26.1 Å². The zero-order valence-electron chi connectivity index (χ0n) is 14.3. The Morgan fingerprint density at radius 1 is 1.32 bits per heavy atom. The van der Waals surface area contributed by atoms with Gasteiger partial charge in [-0.15, -0.1) is 11.3 Å². The Morgan fingerprint density at radius 3 is 2.88 bits per heavy atom. The molecule has 8 heteroatoms. The minimum Gasteiger partial charge on any atom is -0.268 e. The molecule has 0 N–H and O–H groups in total. The first kappa shape index (κ1) is 18.3. The molecule has 25 heavy (non-hydrogen) atoms. The van der Waals surface area contributed by atoms with Crippen LogP contribution in [0.3, 0.4) is 0 Å². The summed E-state index contributed by atoms with van der Waals surface area (Å²) in [7, 11) is -3.19. The number of hydrogen-bond donors (Lipinski definition) is 0. The lowest BCUT2D eigenvalue weighted by Gasteiger charge is -2.31. The fourth-order valence-electron chi connectivity index (χ4n) is 3.20. The standard InChI is InChI=1S/C17H23N3O3S2/c1-2-11-25(22,23)19-9-3-5-14(12-19)13-20-17(21)8-7-15(18-20)16-6-4-10-24-16/h4,6-8,10,14H,2-3,5,9,11-13H2,1H3/t14-/m0/s1. The summed E-state index contributed by atoms with van der Waals surface area (Å²) < 4.78 is 27.7. The van der Waals surface area contributed by atoms with Gasteiger partial charge in [0.1, 0.15) is 5.69 Å². The van der Waals surface area contributed by atoms with Crippen LogP contribution < -0.4 is 5.56 Å². The van der Waals surface area contributed by atoms with Crippen LogP contribution in [0.5, 0.6) is 0 Å². The Hall–Kier alpha value is -1.51. The lowest BCUT2D eigenvalue weighted by molar-refractivity contribution is 0.237. The minimum atomic E-state index is -3.19. The Labute approximate surface area is 152 Å². The molecule has 0 saturated carbocycles. The third-order valence-electron chi connectivity index (χ3n) is 4.41. The first-order valence-electron chi connectivity index (χ1n) is 8.59. The predicted molar refractivity (Wildman–Crippen MR) is 100 cm³/mol. The van der Waals surface area contributed by atoms with Crippen molar-refractivity contribution in [2.45, 2.75) is 32.7 Å². The molecule has 3 rings (SSSR count). The van der Waals surface area contributed by atoms with Crippen molar-refractivity contribution < 1.29 is 8.42 Å². The molecule has 1 atom stereocenters. The Kier molecular flexibility index (Phi) is 5.71. The zero-order chi connectivity index (χ0) is 17.9. The molecular weight excluding hydrogens is 358 g/mol. The molecule has 0 spiro atoms. The van der Waals surface area contributed by atoms with Gasteiger partial charge < -0.3 is 0 Å². The van der Waals surface area contributed by atoms with Crippen LogP contribution in [0.25, 0.3) is 10.6 Å². The van der Waals surface area contributed by atoms with Crippen LogP contribution in [0.4, 0.5) is 0 Å². The summed E-state index contributed by atoms with van der Waals surface area (Å²) >= 11 is 1.58. The number of thiophene rings is 1. The van der Waals surface area contributed by atoms with E-state index in [9.17, 15) is 13.2 Å². The van der Waals surface area contributed by atoms with Crippen LogP contribution in [0.2, 0.25) is 0 Å². The van der Waals surface area contributed by atoms with Gasteiger partial charge in [0.2, 0.25) is 10.0 Å². The SMILES string of the molecule is CCCS(=O)(=O)N1CCC[C@H](Cn2nc(-c3cccs3)ccc2=O)C1. The van der Waals surface area contributed by atoms with Gasteiger partial charge in [0.15, 0.2) is 0 Å². The molecule has 136 valence electrons. The van der Waals surface area contributed by atoms with Crippen LogP contribution in [0.15, 0.2) is 34.4 Å². The maximum atomic E-state index is 12.3. The van der Waals surface area contributed by atoms with Crippen molar-refractivity contribution in [3.8, 4) is 10.6 Å². The molecule has 2 aromatic rings. The molecule has 3 heterocycles. The van der Waals surface area contributed by atoms with Crippen LogP contribution in [0, 0.1) is 5.92 Å². The monoisotopic (exact) mass is 381 g/mol. The molecule has 0 amide bonds. The first-order valence-corrected chi connectivity index (χ1v) is 11.1. The fourth-order valence-corrected chi connectivity index (χ4v) is 5.51. The first-order chi connectivity index (χ1) is 12.0. The van der Waals surface area contributed by atoms with Crippen molar-refractivity contribution >= 4 is 21.4 Å².